The normalized spacial score (nSPS) is 16.0. The molecule has 2 aromatic carbocycles. The van der Waals surface area contributed by atoms with Crippen LogP contribution in [0.15, 0.2) is 85.5 Å². The number of primary sulfonamides is 2. The van der Waals surface area contributed by atoms with Crippen molar-refractivity contribution in [1.82, 2.24) is 0 Å². The van der Waals surface area contributed by atoms with Crippen molar-refractivity contribution in [2.24, 2.45) is 15.4 Å². The first-order chi connectivity index (χ1) is 16.6. The summed E-state index contributed by atoms with van der Waals surface area (Å²) in [6.07, 6.45) is -4.12. The van der Waals surface area contributed by atoms with Crippen molar-refractivity contribution < 1.29 is 39.2 Å². The number of amides is 1. The number of hydrazone groups is 1. The molecule has 0 bridgehead atoms. The molecule has 4 N–H and O–H groups in total. The maximum absolute atomic E-state index is 13.7. The van der Waals surface area contributed by atoms with Gasteiger partial charge < -0.3 is 4.42 Å². The summed E-state index contributed by atoms with van der Waals surface area (Å²) in [5.74, 6) is -1.04. The molecule has 0 aliphatic carbocycles. The van der Waals surface area contributed by atoms with Crippen LogP contribution in [0.25, 0.3) is 17.4 Å². The van der Waals surface area contributed by atoms with Crippen LogP contribution in [0.5, 0.6) is 0 Å². The summed E-state index contributed by atoms with van der Waals surface area (Å²) in [5, 5.41) is 13.9. The second-order valence-electron chi connectivity index (χ2n) is 7.43. The van der Waals surface area contributed by atoms with Gasteiger partial charge in [0, 0.05) is 5.56 Å². The van der Waals surface area contributed by atoms with Gasteiger partial charge >= 0.3 is 6.18 Å². The first-order valence-corrected chi connectivity index (χ1v) is 12.8. The fourth-order valence-corrected chi connectivity index (χ4v) is 4.27. The molecule has 2 heterocycles. The largest absolute Gasteiger partial charge is 0.457 e. The predicted molar refractivity (Wildman–Crippen MR) is 122 cm³/mol. The molecule has 0 fully saturated rings. The van der Waals surface area contributed by atoms with Crippen molar-refractivity contribution in [2.45, 2.75) is 16.0 Å². The molecule has 1 amide bonds. The lowest BCUT2D eigenvalue weighted by molar-refractivity contribution is -0.114. The lowest BCUT2D eigenvalue weighted by atomic mass is 10.1. The highest BCUT2D eigenvalue weighted by atomic mass is 32.2. The minimum Gasteiger partial charge on any atom is -0.457 e. The minimum atomic E-state index is -4.99. The summed E-state index contributed by atoms with van der Waals surface area (Å²) in [5.41, 5.74) is -1.99. The number of furan rings is 1. The Labute approximate surface area is 202 Å². The van der Waals surface area contributed by atoms with Crippen LogP contribution >= 0.6 is 0 Å². The summed E-state index contributed by atoms with van der Waals surface area (Å²) < 4.78 is 92.1. The van der Waals surface area contributed by atoms with Gasteiger partial charge in [-0.2, -0.15) is 23.3 Å². The molecule has 10 nitrogen and oxygen atoms in total. The van der Waals surface area contributed by atoms with E-state index < -0.39 is 43.4 Å². The van der Waals surface area contributed by atoms with Crippen molar-refractivity contribution in [3.8, 4) is 11.3 Å². The highest BCUT2D eigenvalue weighted by molar-refractivity contribution is 7.89. The summed E-state index contributed by atoms with van der Waals surface area (Å²) in [7, 11) is -7.97. The molecule has 0 saturated carbocycles. The average Bonchev–Trinajstić information content (AvgIpc) is 3.38. The molecular formula is C21H15F3N4O6S2. The lowest BCUT2D eigenvalue weighted by Gasteiger charge is -2.11. The van der Waals surface area contributed by atoms with Crippen molar-refractivity contribution >= 4 is 43.4 Å². The Morgan fingerprint density at radius 3 is 1.86 bits per heavy atom. The van der Waals surface area contributed by atoms with Crippen LogP contribution in [-0.4, -0.2) is 34.6 Å². The number of sulfonamides is 2. The second-order valence-corrected chi connectivity index (χ2v) is 10.6. The van der Waals surface area contributed by atoms with Crippen LogP contribution in [0, 0.1) is 0 Å². The monoisotopic (exact) mass is 540 g/mol. The van der Waals surface area contributed by atoms with Gasteiger partial charge in [-0.25, -0.2) is 27.1 Å². The number of nitrogens with two attached hydrogens (primary N) is 2. The number of rotatable bonds is 5. The zero-order valence-corrected chi connectivity index (χ0v) is 19.4. The highest BCUT2D eigenvalue weighted by Crippen LogP contribution is 2.34. The van der Waals surface area contributed by atoms with Crippen molar-refractivity contribution in [3.05, 3.63) is 72.0 Å². The Hall–Kier alpha value is -3.79. The zero-order valence-electron chi connectivity index (χ0n) is 17.8. The molecule has 0 atom stereocenters. The van der Waals surface area contributed by atoms with Crippen molar-refractivity contribution in [3.63, 3.8) is 0 Å². The Kier molecular flexibility index (Phi) is 6.12. The number of carbonyl (C=O) groups excluding carboxylic acids is 1. The fraction of sp³-hybridized carbons (Fsp3) is 0.0476. The highest BCUT2D eigenvalue weighted by Gasteiger charge is 2.47. The fourth-order valence-electron chi connectivity index (χ4n) is 3.24. The van der Waals surface area contributed by atoms with Crippen LogP contribution in [-0.2, 0) is 24.8 Å². The predicted octanol–water partition coefficient (Wildman–Crippen LogP) is 2.59. The van der Waals surface area contributed by atoms with E-state index in [2.05, 4.69) is 5.10 Å². The first-order valence-electron chi connectivity index (χ1n) is 9.73. The third kappa shape index (κ3) is 5.08. The van der Waals surface area contributed by atoms with Gasteiger partial charge in [0.1, 0.15) is 11.5 Å². The average molecular weight is 541 g/mol. The number of halogens is 3. The minimum absolute atomic E-state index is 0.104. The van der Waals surface area contributed by atoms with E-state index in [0.29, 0.717) is 10.6 Å². The molecule has 15 heteroatoms. The number of nitrogens with zero attached hydrogens (tertiary/aromatic N) is 2. The molecule has 1 aliphatic rings. The van der Waals surface area contributed by atoms with E-state index in [1.165, 1.54) is 36.4 Å². The lowest BCUT2D eigenvalue weighted by Crippen LogP contribution is -2.25. The molecule has 36 heavy (non-hydrogen) atoms. The van der Waals surface area contributed by atoms with Gasteiger partial charge in [0.2, 0.25) is 20.0 Å². The standard InChI is InChI=1S/C21H15F3N4O6S2/c22-21(23,24)19-17(20(29)28(27-19)13-3-8-16(9-4-13)36(26,32)33)11-14-5-10-18(34-14)12-1-6-15(7-2-12)35(25,30)31/h1-11H,(H2,25,30,31)(H2,26,32,33). The number of hydrogen-bond donors (Lipinski definition) is 2. The van der Waals surface area contributed by atoms with Crippen molar-refractivity contribution in [2.75, 3.05) is 5.01 Å². The van der Waals surface area contributed by atoms with Gasteiger partial charge in [0.05, 0.1) is 21.1 Å². The molecule has 0 radical (unpaired) electrons. The zero-order chi connectivity index (χ0) is 26.5. The molecule has 0 unspecified atom stereocenters. The summed E-state index contributed by atoms with van der Waals surface area (Å²) >= 11 is 0. The Bertz CT molecular complexity index is 1620. The van der Waals surface area contributed by atoms with Gasteiger partial charge in [-0.15, -0.1) is 0 Å². The van der Waals surface area contributed by atoms with E-state index >= 15 is 0 Å². The maximum Gasteiger partial charge on any atom is 0.435 e. The second kappa shape index (κ2) is 8.70. The van der Waals surface area contributed by atoms with Crippen LogP contribution < -0.4 is 15.3 Å². The number of alkyl halides is 3. The molecular weight excluding hydrogens is 525 g/mol. The van der Waals surface area contributed by atoms with E-state index in [9.17, 15) is 34.8 Å². The molecule has 0 saturated heterocycles. The van der Waals surface area contributed by atoms with E-state index in [1.807, 2.05) is 0 Å². The van der Waals surface area contributed by atoms with Gasteiger partial charge in [0.25, 0.3) is 5.91 Å². The number of benzene rings is 2. The summed E-state index contributed by atoms with van der Waals surface area (Å²) in [6, 6.07) is 12.2. The number of anilines is 1. The van der Waals surface area contributed by atoms with Crippen LogP contribution in [0.4, 0.5) is 18.9 Å². The van der Waals surface area contributed by atoms with Crippen LogP contribution in [0.1, 0.15) is 5.76 Å². The number of hydrogen-bond acceptors (Lipinski definition) is 7. The molecule has 1 aromatic heterocycles. The molecule has 4 rings (SSSR count). The molecule has 188 valence electrons. The molecule has 0 spiro atoms. The van der Waals surface area contributed by atoms with E-state index in [1.54, 1.807) is 0 Å². The van der Waals surface area contributed by atoms with Gasteiger partial charge in [0.15, 0.2) is 5.71 Å². The third-order valence-corrected chi connectivity index (χ3v) is 6.80. The van der Waals surface area contributed by atoms with E-state index in [4.69, 9.17) is 14.7 Å². The van der Waals surface area contributed by atoms with E-state index in [0.717, 1.165) is 30.3 Å². The topological polar surface area (TPSA) is 166 Å². The first kappa shape index (κ1) is 25.3. The van der Waals surface area contributed by atoms with Gasteiger partial charge in [-0.3, -0.25) is 4.79 Å². The van der Waals surface area contributed by atoms with Crippen LogP contribution in [0.2, 0.25) is 0 Å². The quantitative estimate of drug-likeness (QED) is 0.472. The SMILES string of the molecule is NS(=O)(=O)c1ccc(-c2ccc(C=C3C(=O)N(c4ccc(S(N)(=O)=O)cc4)N=C3C(F)(F)F)o2)cc1. The smallest absolute Gasteiger partial charge is 0.435 e. The Morgan fingerprint density at radius 2 is 1.36 bits per heavy atom. The van der Waals surface area contributed by atoms with Gasteiger partial charge in [-0.05, 0) is 66.7 Å². The van der Waals surface area contributed by atoms with Crippen molar-refractivity contribution in [1.29, 1.82) is 0 Å². The third-order valence-electron chi connectivity index (χ3n) is 4.94. The maximum atomic E-state index is 13.7. The Morgan fingerprint density at radius 1 is 0.833 bits per heavy atom. The molecule has 1 aliphatic heterocycles. The van der Waals surface area contributed by atoms with E-state index in [-0.39, 0.29) is 27.0 Å². The summed E-state index contributed by atoms with van der Waals surface area (Å²) in [6.45, 7) is 0. The Balaban J connectivity index is 1.67. The number of carbonyl (C=O) groups is 1. The molecule has 3 aromatic rings. The van der Waals surface area contributed by atoms with Gasteiger partial charge in [-0.1, -0.05) is 0 Å². The van der Waals surface area contributed by atoms with Crippen LogP contribution in [0.3, 0.4) is 0 Å². The summed E-state index contributed by atoms with van der Waals surface area (Å²) in [4.78, 5) is 12.4.